The van der Waals surface area contributed by atoms with E-state index in [4.69, 9.17) is 0 Å². The molecule has 1 atom stereocenters. The highest BCUT2D eigenvalue weighted by atomic mass is 32.2. The maximum atomic E-state index is 3.82. The monoisotopic (exact) mass is 217 g/mol. The molecule has 3 heteroatoms. The second kappa shape index (κ2) is 5.52. The first-order chi connectivity index (χ1) is 6.45. The third kappa shape index (κ3) is 3.37. The lowest BCUT2D eigenvalue weighted by atomic mass is 10.1. The Morgan fingerprint density at radius 3 is 2.38 bits per heavy atom. The minimum atomic E-state index is 0.826. The van der Waals surface area contributed by atoms with E-state index < -0.39 is 0 Å². The van der Waals surface area contributed by atoms with Crippen molar-refractivity contribution in [1.82, 2.24) is 5.32 Å². The van der Waals surface area contributed by atoms with Gasteiger partial charge in [-0.05, 0) is 42.9 Å². The Kier molecular flexibility index (Phi) is 4.32. The average molecular weight is 217 g/mol. The summed E-state index contributed by atoms with van der Waals surface area (Å²) in [5, 5.41) is 3.82. The highest BCUT2D eigenvalue weighted by Crippen LogP contribution is 2.21. The van der Waals surface area contributed by atoms with Crippen LogP contribution in [0.25, 0.3) is 0 Å². The van der Waals surface area contributed by atoms with Gasteiger partial charge in [-0.25, -0.2) is 0 Å². The molecule has 2 aliphatic heterocycles. The highest BCUT2D eigenvalue weighted by molar-refractivity contribution is 7.99. The van der Waals surface area contributed by atoms with Gasteiger partial charge in [0.05, 0.1) is 0 Å². The van der Waals surface area contributed by atoms with Crippen LogP contribution in [0.2, 0.25) is 0 Å². The van der Waals surface area contributed by atoms with Crippen molar-refractivity contribution in [3.05, 3.63) is 0 Å². The summed E-state index contributed by atoms with van der Waals surface area (Å²) in [5.41, 5.74) is 0. The summed E-state index contributed by atoms with van der Waals surface area (Å²) in [5.74, 6) is 5.48. The van der Waals surface area contributed by atoms with E-state index in [-0.39, 0.29) is 0 Å². The summed E-state index contributed by atoms with van der Waals surface area (Å²) in [7, 11) is 0. The number of hydrogen-bond donors (Lipinski definition) is 1. The van der Waals surface area contributed by atoms with E-state index in [0.29, 0.717) is 0 Å². The molecule has 2 saturated heterocycles. The largest absolute Gasteiger partial charge is 0.310 e. The zero-order valence-corrected chi connectivity index (χ0v) is 9.76. The molecule has 0 aromatic carbocycles. The van der Waals surface area contributed by atoms with E-state index in [1.54, 1.807) is 0 Å². The van der Waals surface area contributed by atoms with Crippen LogP contribution in [0.4, 0.5) is 0 Å². The van der Waals surface area contributed by atoms with Gasteiger partial charge in [-0.3, -0.25) is 0 Å². The summed E-state index contributed by atoms with van der Waals surface area (Å²) in [6.07, 6.45) is 5.62. The lowest BCUT2D eigenvalue weighted by Crippen LogP contribution is -2.42. The van der Waals surface area contributed by atoms with Gasteiger partial charge >= 0.3 is 0 Å². The fourth-order valence-corrected chi connectivity index (χ4v) is 4.26. The quantitative estimate of drug-likeness (QED) is 0.763. The van der Waals surface area contributed by atoms with E-state index in [1.807, 2.05) is 0 Å². The summed E-state index contributed by atoms with van der Waals surface area (Å²) in [6.45, 7) is 0. The number of nitrogens with one attached hydrogen (secondary N) is 1. The summed E-state index contributed by atoms with van der Waals surface area (Å²) in [6, 6.07) is 1.66. The van der Waals surface area contributed by atoms with Crippen LogP contribution in [0, 0.1) is 0 Å². The molecule has 2 heterocycles. The molecule has 2 fully saturated rings. The molecule has 0 aromatic heterocycles. The van der Waals surface area contributed by atoms with Crippen LogP contribution < -0.4 is 5.32 Å². The molecule has 0 bridgehead atoms. The van der Waals surface area contributed by atoms with Crippen LogP contribution in [-0.4, -0.2) is 35.1 Å². The molecular formula is C10H19NS2. The van der Waals surface area contributed by atoms with Crippen molar-refractivity contribution >= 4 is 23.5 Å². The van der Waals surface area contributed by atoms with Crippen molar-refractivity contribution in [3.63, 3.8) is 0 Å². The third-order valence-corrected chi connectivity index (χ3v) is 5.12. The van der Waals surface area contributed by atoms with E-state index in [9.17, 15) is 0 Å². The smallest absolute Gasteiger partial charge is 0.0161 e. The van der Waals surface area contributed by atoms with Gasteiger partial charge in [0.2, 0.25) is 0 Å². The van der Waals surface area contributed by atoms with Gasteiger partial charge in [-0.1, -0.05) is 0 Å². The highest BCUT2D eigenvalue weighted by Gasteiger charge is 2.19. The first-order valence-electron chi connectivity index (χ1n) is 5.37. The number of hydrogen-bond acceptors (Lipinski definition) is 3. The maximum Gasteiger partial charge on any atom is 0.0161 e. The molecule has 2 aliphatic rings. The molecule has 13 heavy (non-hydrogen) atoms. The van der Waals surface area contributed by atoms with Crippen LogP contribution in [0.3, 0.4) is 0 Å². The van der Waals surface area contributed by atoms with Crippen LogP contribution in [0.5, 0.6) is 0 Å². The third-order valence-electron chi connectivity index (χ3n) is 2.85. The lowest BCUT2D eigenvalue weighted by Gasteiger charge is -2.30. The van der Waals surface area contributed by atoms with Gasteiger partial charge in [-0.15, -0.1) is 0 Å². The van der Waals surface area contributed by atoms with Crippen LogP contribution in [-0.2, 0) is 0 Å². The minimum Gasteiger partial charge on any atom is -0.310 e. The maximum absolute atomic E-state index is 3.82. The fraction of sp³-hybridized carbons (Fsp3) is 1.00. The summed E-state index contributed by atoms with van der Waals surface area (Å²) < 4.78 is 0. The van der Waals surface area contributed by atoms with E-state index in [0.717, 1.165) is 12.1 Å². The molecule has 0 saturated carbocycles. The predicted octanol–water partition coefficient (Wildman–Crippen LogP) is 2.37. The van der Waals surface area contributed by atoms with Crippen molar-refractivity contribution in [1.29, 1.82) is 0 Å². The van der Waals surface area contributed by atoms with Gasteiger partial charge in [0.1, 0.15) is 0 Å². The van der Waals surface area contributed by atoms with Crippen molar-refractivity contribution in [2.75, 3.05) is 23.0 Å². The Bertz CT molecular complexity index is 124. The standard InChI is InChI=1S/C10H19NS2/c1-2-10(8-13-5-1)11-9-3-6-12-7-4-9/h9-11H,1-8H2. The van der Waals surface area contributed by atoms with Crippen molar-refractivity contribution in [2.24, 2.45) is 0 Å². The van der Waals surface area contributed by atoms with Crippen LogP contribution >= 0.6 is 23.5 Å². The van der Waals surface area contributed by atoms with Crippen LogP contribution in [0.1, 0.15) is 25.7 Å². The Balaban J connectivity index is 1.69. The van der Waals surface area contributed by atoms with Gasteiger partial charge in [0.15, 0.2) is 0 Å². The van der Waals surface area contributed by atoms with Gasteiger partial charge < -0.3 is 5.32 Å². The van der Waals surface area contributed by atoms with E-state index >= 15 is 0 Å². The molecule has 1 nitrogen and oxygen atoms in total. The molecule has 0 radical (unpaired) electrons. The van der Waals surface area contributed by atoms with Crippen molar-refractivity contribution in [2.45, 2.75) is 37.8 Å². The van der Waals surface area contributed by atoms with Crippen molar-refractivity contribution in [3.8, 4) is 0 Å². The predicted molar refractivity (Wildman–Crippen MR) is 63.8 cm³/mol. The molecule has 0 amide bonds. The average Bonchev–Trinajstić information content (AvgIpc) is 2.21. The normalized spacial score (nSPS) is 31.8. The van der Waals surface area contributed by atoms with Gasteiger partial charge in [0.25, 0.3) is 0 Å². The SMILES string of the molecule is C1CSCC(NC2CCSCC2)C1. The lowest BCUT2D eigenvalue weighted by molar-refractivity contribution is 0.406. The summed E-state index contributed by atoms with van der Waals surface area (Å²) >= 11 is 4.24. The molecule has 0 aromatic rings. The second-order valence-electron chi connectivity index (χ2n) is 3.97. The number of rotatable bonds is 2. The van der Waals surface area contributed by atoms with Crippen LogP contribution in [0.15, 0.2) is 0 Å². The van der Waals surface area contributed by atoms with Gasteiger partial charge in [-0.2, -0.15) is 23.5 Å². The van der Waals surface area contributed by atoms with E-state index in [1.165, 1.54) is 48.7 Å². The molecule has 76 valence electrons. The topological polar surface area (TPSA) is 12.0 Å². The molecule has 0 aliphatic carbocycles. The molecule has 0 spiro atoms. The van der Waals surface area contributed by atoms with E-state index in [2.05, 4.69) is 28.8 Å². The fourth-order valence-electron chi connectivity index (χ4n) is 2.07. The molecule has 2 rings (SSSR count). The first kappa shape index (κ1) is 10.2. The molecular weight excluding hydrogens is 198 g/mol. The Morgan fingerprint density at radius 1 is 0.846 bits per heavy atom. The Labute approximate surface area is 89.8 Å². The number of thioether (sulfide) groups is 2. The molecule has 1 unspecified atom stereocenters. The molecule has 1 N–H and O–H groups in total. The Hall–Kier alpha value is 0.660. The first-order valence-corrected chi connectivity index (χ1v) is 7.67. The zero-order valence-electron chi connectivity index (χ0n) is 8.13. The minimum absolute atomic E-state index is 0.826. The Morgan fingerprint density at radius 2 is 1.69 bits per heavy atom. The zero-order chi connectivity index (χ0) is 8.93. The summed E-state index contributed by atoms with van der Waals surface area (Å²) in [4.78, 5) is 0. The van der Waals surface area contributed by atoms with Crippen molar-refractivity contribution < 1.29 is 0 Å². The second-order valence-corrected chi connectivity index (χ2v) is 6.34. The van der Waals surface area contributed by atoms with Gasteiger partial charge in [0, 0.05) is 17.8 Å².